The molecule has 1 aromatic heterocycles. The molecule has 1 N–H and O–H groups in total. The van der Waals surface area contributed by atoms with Gasteiger partial charge in [0.25, 0.3) is 5.91 Å². The van der Waals surface area contributed by atoms with Crippen LogP contribution in [0.25, 0.3) is 0 Å². The molecule has 1 saturated heterocycles. The molecular formula is C26H29N5O2S. The Labute approximate surface area is 203 Å². The zero-order valence-corrected chi connectivity index (χ0v) is 20.1. The maximum absolute atomic E-state index is 12.8. The van der Waals surface area contributed by atoms with E-state index in [2.05, 4.69) is 31.9 Å². The van der Waals surface area contributed by atoms with Crippen molar-refractivity contribution in [1.82, 2.24) is 14.8 Å². The van der Waals surface area contributed by atoms with Gasteiger partial charge in [-0.15, -0.1) is 10.2 Å². The van der Waals surface area contributed by atoms with Gasteiger partial charge in [0.1, 0.15) is 0 Å². The largest absolute Gasteiger partial charge is 0.341 e. The maximum Gasteiger partial charge on any atom is 0.255 e. The van der Waals surface area contributed by atoms with Gasteiger partial charge in [0.05, 0.1) is 5.75 Å². The number of nitrogens with one attached hydrogen (secondary N) is 1. The van der Waals surface area contributed by atoms with Gasteiger partial charge in [-0.25, -0.2) is 0 Å². The molecule has 1 aliphatic heterocycles. The highest BCUT2D eigenvalue weighted by atomic mass is 32.2. The number of carbonyl (C=O) groups is 2. The van der Waals surface area contributed by atoms with Crippen molar-refractivity contribution in [3.63, 3.8) is 0 Å². The Balaban J connectivity index is 1.20. The first-order valence-electron chi connectivity index (χ1n) is 11.9. The molecule has 3 aromatic rings. The van der Waals surface area contributed by atoms with Crippen molar-refractivity contribution in [3.8, 4) is 0 Å². The molecule has 0 spiro atoms. The Morgan fingerprint density at radius 2 is 1.65 bits per heavy atom. The second-order valence-corrected chi connectivity index (χ2v) is 10.1. The molecule has 1 amide bonds. The van der Waals surface area contributed by atoms with E-state index in [0.717, 1.165) is 43.0 Å². The molecule has 1 saturated carbocycles. The van der Waals surface area contributed by atoms with E-state index < -0.39 is 0 Å². The molecule has 2 heterocycles. The van der Waals surface area contributed by atoms with Crippen molar-refractivity contribution >= 4 is 35.1 Å². The monoisotopic (exact) mass is 475 g/mol. The molecule has 1 aliphatic carbocycles. The predicted octanol–water partition coefficient (Wildman–Crippen LogP) is 5.08. The zero-order chi connectivity index (χ0) is 23.5. The molecule has 2 aliphatic rings. The second kappa shape index (κ2) is 10.0. The quantitative estimate of drug-likeness (QED) is 0.362. The zero-order valence-electron chi connectivity index (χ0n) is 19.3. The topological polar surface area (TPSA) is 80.1 Å². The Kier molecular flexibility index (Phi) is 6.67. The third-order valence-electron chi connectivity index (χ3n) is 6.46. The number of Topliss-reactive ketones (excluding diaryl/α,β-unsaturated/α-hetero) is 1. The van der Waals surface area contributed by atoms with E-state index in [4.69, 9.17) is 0 Å². The van der Waals surface area contributed by atoms with Crippen LogP contribution >= 0.6 is 11.8 Å². The Hall–Kier alpha value is -3.13. The minimum absolute atomic E-state index is 0.0321. The molecule has 176 valence electrons. The van der Waals surface area contributed by atoms with Gasteiger partial charge >= 0.3 is 0 Å². The van der Waals surface area contributed by atoms with E-state index >= 15 is 0 Å². The Bertz CT molecular complexity index is 1150. The van der Waals surface area contributed by atoms with E-state index in [-0.39, 0.29) is 11.7 Å². The SMILES string of the molecule is CC1CCN(c2nnc(SCC(=O)c3ccc(NC(=O)c4ccccc4)cc3)n2C2CC2)CC1. The number of ketones is 1. The Morgan fingerprint density at radius 3 is 2.32 bits per heavy atom. The Morgan fingerprint density at radius 1 is 0.941 bits per heavy atom. The first-order chi connectivity index (χ1) is 16.6. The number of hydrogen-bond acceptors (Lipinski definition) is 6. The first-order valence-corrected chi connectivity index (χ1v) is 12.9. The van der Waals surface area contributed by atoms with E-state index in [1.165, 1.54) is 24.6 Å². The molecule has 0 radical (unpaired) electrons. The average Bonchev–Trinajstić information content (AvgIpc) is 3.63. The second-order valence-electron chi connectivity index (χ2n) is 9.16. The van der Waals surface area contributed by atoms with Crippen LogP contribution in [-0.2, 0) is 0 Å². The standard InChI is InChI=1S/C26H29N5O2S/c1-18-13-15-30(16-14-18)25-28-29-26(31(25)22-11-12-22)34-17-23(32)19-7-9-21(10-8-19)27-24(33)20-5-3-2-4-6-20/h2-10,18,22H,11-17H2,1H3,(H,27,33). The van der Waals surface area contributed by atoms with Crippen LogP contribution in [0.1, 0.15) is 59.4 Å². The summed E-state index contributed by atoms with van der Waals surface area (Å²) in [5.41, 5.74) is 1.87. The van der Waals surface area contributed by atoms with E-state index in [1.54, 1.807) is 36.4 Å². The number of rotatable bonds is 8. The van der Waals surface area contributed by atoms with E-state index in [9.17, 15) is 9.59 Å². The number of amides is 1. The predicted molar refractivity (Wildman–Crippen MR) is 135 cm³/mol. The number of benzene rings is 2. The van der Waals surface area contributed by atoms with Gasteiger partial charge in [-0.05, 0) is 68.0 Å². The van der Waals surface area contributed by atoms with Gasteiger partial charge in [0.15, 0.2) is 10.9 Å². The lowest BCUT2D eigenvalue weighted by molar-refractivity contribution is 0.101. The minimum atomic E-state index is -0.173. The number of hydrogen-bond donors (Lipinski definition) is 1. The summed E-state index contributed by atoms with van der Waals surface area (Å²) in [6, 6.07) is 16.6. The average molecular weight is 476 g/mol. The smallest absolute Gasteiger partial charge is 0.255 e. The van der Waals surface area contributed by atoms with Gasteiger partial charge in [0, 0.05) is 35.9 Å². The van der Waals surface area contributed by atoms with Crippen molar-refractivity contribution in [1.29, 1.82) is 0 Å². The highest BCUT2D eigenvalue weighted by molar-refractivity contribution is 7.99. The lowest BCUT2D eigenvalue weighted by Gasteiger charge is -2.31. The first kappa shape index (κ1) is 22.7. The number of carbonyl (C=O) groups excluding carboxylic acids is 2. The number of aromatic nitrogens is 3. The van der Waals surface area contributed by atoms with Crippen LogP contribution in [0, 0.1) is 5.92 Å². The van der Waals surface area contributed by atoms with E-state index in [0.29, 0.717) is 28.6 Å². The number of piperidine rings is 1. The summed E-state index contributed by atoms with van der Waals surface area (Å²) < 4.78 is 2.25. The summed E-state index contributed by atoms with van der Waals surface area (Å²) in [6.07, 6.45) is 4.65. The molecule has 2 aromatic carbocycles. The number of thioether (sulfide) groups is 1. The minimum Gasteiger partial charge on any atom is -0.341 e. The molecule has 34 heavy (non-hydrogen) atoms. The van der Waals surface area contributed by atoms with Crippen LogP contribution < -0.4 is 10.2 Å². The molecule has 0 atom stereocenters. The summed E-state index contributed by atoms with van der Waals surface area (Å²) in [6.45, 7) is 4.34. The van der Waals surface area contributed by atoms with Crippen LogP contribution in [0.2, 0.25) is 0 Å². The van der Waals surface area contributed by atoms with Gasteiger partial charge in [-0.2, -0.15) is 0 Å². The van der Waals surface area contributed by atoms with Crippen LogP contribution in [0.5, 0.6) is 0 Å². The molecule has 0 bridgehead atoms. The van der Waals surface area contributed by atoms with Gasteiger partial charge in [-0.3, -0.25) is 14.2 Å². The molecular weight excluding hydrogens is 446 g/mol. The molecule has 2 fully saturated rings. The van der Waals surface area contributed by atoms with Gasteiger partial charge in [-0.1, -0.05) is 36.9 Å². The van der Waals surface area contributed by atoms with Gasteiger partial charge in [0.2, 0.25) is 5.95 Å². The summed E-state index contributed by atoms with van der Waals surface area (Å²) in [5.74, 6) is 1.89. The third-order valence-corrected chi connectivity index (χ3v) is 7.40. The summed E-state index contributed by atoms with van der Waals surface area (Å²) in [7, 11) is 0. The lowest BCUT2D eigenvalue weighted by atomic mass is 10.00. The molecule has 8 heteroatoms. The van der Waals surface area contributed by atoms with Crippen molar-refractivity contribution in [2.24, 2.45) is 5.92 Å². The highest BCUT2D eigenvalue weighted by Crippen LogP contribution is 2.41. The molecule has 0 unspecified atom stereocenters. The van der Waals surface area contributed by atoms with Crippen molar-refractivity contribution in [3.05, 3.63) is 65.7 Å². The number of anilines is 2. The fourth-order valence-electron chi connectivity index (χ4n) is 4.19. The lowest BCUT2D eigenvalue weighted by Crippen LogP contribution is -2.34. The fraction of sp³-hybridized carbons (Fsp3) is 0.385. The number of nitrogens with zero attached hydrogens (tertiary/aromatic N) is 4. The van der Waals surface area contributed by atoms with Crippen LogP contribution in [0.15, 0.2) is 59.8 Å². The summed E-state index contributed by atoms with van der Waals surface area (Å²) in [5, 5.41) is 12.6. The normalized spacial score (nSPS) is 16.4. The summed E-state index contributed by atoms with van der Waals surface area (Å²) >= 11 is 1.46. The third kappa shape index (κ3) is 5.17. The molecule has 5 rings (SSSR count). The van der Waals surface area contributed by atoms with Crippen LogP contribution in [0.3, 0.4) is 0 Å². The van der Waals surface area contributed by atoms with Crippen molar-refractivity contribution < 1.29 is 9.59 Å². The summed E-state index contributed by atoms with van der Waals surface area (Å²) in [4.78, 5) is 27.5. The highest BCUT2D eigenvalue weighted by Gasteiger charge is 2.32. The van der Waals surface area contributed by atoms with Crippen molar-refractivity contribution in [2.45, 2.75) is 43.8 Å². The van der Waals surface area contributed by atoms with E-state index in [1.807, 2.05) is 18.2 Å². The van der Waals surface area contributed by atoms with Gasteiger partial charge < -0.3 is 10.2 Å². The van der Waals surface area contributed by atoms with Crippen LogP contribution in [0.4, 0.5) is 11.6 Å². The maximum atomic E-state index is 12.8. The van der Waals surface area contributed by atoms with Crippen LogP contribution in [-0.4, -0.2) is 45.3 Å². The van der Waals surface area contributed by atoms with Crippen molar-refractivity contribution in [2.75, 3.05) is 29.1 Å². The molecule has 7 nitrogen and oxygen atoms in total. The fourth-order valence-corrected chi connectivity index (χ4v) is 5.09.